The summed E-state index contributed by atoms with van der Waals surface area (Å²) in [7, 11) is 0. The van der Waals surface area contributed by atoms with Gasteiger partial charge in [0.2, 0.25) is 11.7 Å². The van der Waals surface area contributed by atoms with Crippen LogP contribution >= 0.6 is 0 Å². The maximum Gasteiger partial charge on any atom is 0.379 e. The van der Waals surface area contributed by atoms with Crippen molar-refractivity contribution in [3.8, 4) is 5.75 Å². The minimum Gasteiger partial charge on any atom is -0.457 e. The molecular formula is C28H27NO7. The fraction of sp³-hybridized carbons (Fsp3) is 0.286. The monoisotopic (exact) mass is 489 g/mol. The van der Waals surface area contributed by atoms with Crippen molar-refractivity contribution in [2.45, 2.75) is 33.1 Å². The van der Waals surface area contributed by atoms with Gasteiger partial charge in [-0.15, -0.1) is 0 Å². The number of hydrogen-bond acceptors (Lipinski definition) is 7. The number of esters is 2. The van der Waals surface area contributed by atoms with Gasteiger partial charge in [0, 0.05) is 24.2 Å². The summed E-state index contributed by atoms with van der Waals surface area (Å²) < 4.78 is 15.4. The van der Waals surface area contributed by atoms with E-state index in [-0.39, 0.29) is 30.4 Å². The minimum absolute atomic E-state index is 0.0456. The maximum absolute atomic E-state index is 12.8. The Balaban J connectivity index is 1.33. The molecule has 1 atom stereocenters. The average molecular weight is 490 g/mol. The summed E-state index contributed by atoms with van der Waals surface area (Å²) in [4.78, 5) is 51.6. The van der Waals surface area contributed by atoms with E-state index in [0.717, 1.165) is 29.7 Å². The molecule has 0 N–H and O–H groups in total. The average Bonchev–Trinajstić information content (AvgIpc) is 3.57. The van der Waals surface area contributed by atoms with Crippen molar-refractivity contribution in [3.63, 3.8) is 0 Å². The SMILES string of the molecule is CCc1cccc(CC)c1N1C[C@@H](C(=O)OCC(=O)c2ccc(OC(=O)c3ccco3)cc2)CC1=O. The Bertz CT molecular complexity index is 1240. The molecule has 4 rings (SSSR count). The number of anilines is 1. The second-order valence-corrected chi connectivity index (χ2v) is 8.46. The molecule has 0 bridgehead atoms. The summed E-state index contributed by atoms with van der Waals surface area (Å²) in [5.74, 6) is -2.08. The fourth-order valence-corrected chi connectivity index (χ4v) is 4.24. The largest absolute Gasteiger partial charge is 0.457 e. The Morgan fingerprint density at radius 2 is 1.67 bits per heavy atom. The lowest BCUT2D eigenvalue weighted by Gasteiger charge is -2.23. The highest BCUT2D eigenvalue weighted by molar-refractivity contribution is 6.02. The minimum atomic E-state index is -0.652. The molecule has 1 aromatic heterocycles. The van der Waals surface area contributed by atoms with Gasteiger partial charge in [-0.2, -0.15) is 0 Å². The zero-order valence-electron chi connectivity index (χ0n) is 20.2. The molecule has 1 aliphatic rings. The number of rotatable bonds is 9. The first-order chi connectivity index (χ1) is 17.4. The van der Waals surface area contributed by atoms with Crippen molar-refractivity contribution in [3.05, 3.63) is 83.3 Å². The van der Waals surface area contributed by atoms with Gasteiger partial charge in [-0.05, 0) is 60.4 Å². The van der Waals surface area contributed by atoms with Crippen molar-refractivity contribution in [1.82, 2.24) is 0 Å². The highest BCUT2D eigenvalue weighted by Crippen LogP contribution is 2.32. The van der Waals surface area contributed by atoms with Crippen LogP contribution in [0.1, 0.15) is 52.3 Å². The van der Waals surface area contributed by atoms with Crippen molar-refractivity contribution in [1.29, 1.82) is 0 Å². The molecule has 8 nitrogen and oxygen atoms in total. The lowest BCUT2D eigenvalue weighted by Crippen LogP contribution is -2.29. The van der Waals surface area contributed by atoms with Crippen molar-refractivity contribution in [2.75, 3.05) is 18.1 Å². The fourth-order valence-electron chi connectivity index (χ4n) is 4.24. The molecule has 1 amide bonds. The van der Waals surface area contributed by atoms with Crippen LogP contribution in [0.5, 0.6) is 5.75 Å². The van der Waals surface area contributed by atoms with E-state index >= 15 is 0 Å². The molecule has 3 aromatic rings. The molecule has 0 spiro atoms. The van der Waals surface area contributed by atoms with Gasteiger partial charge in [0.05, 0.1) is 12.2 Å². The number of Topliss-reactive ketones (excluding diaryl/α,β-unsaturated/α-hetero) is 1. The first-order valence-electron chi connectivity index (χ1n) is 11.9. The molecule has 36 heavy (non-hydrogen) atoms. The third-order valence-corrected chi connectivity index (χ3v) is 6.15. The second-order valence-electron chi connectivity index (χ2n) is 8.46. The molecule has 0 aliphatic carbocycles. The van der Waals surface area contributed by atoms with Gasteiger partial charge in [-0.1, -0.05) is 32.0 Å². The van der Waals surface area contributed by atoms with Crippen LogP contribution in [0.15, 0.2) is 65.3 Å². The normalized spacial score (nSPS) is 15.1. The van der Waals surface area contributed by atoms with Crippen LogP contribution in [0, 0.1) is 5.92 Å². The molecule has 2 heterocycles. The van der Waals surface area contributed by atoms with Gasteiger partial charge in [-0.3, -0.25) is 14.4 Å². The summed E-state index contributed by atoms with van der Waals surface area (Å²) in [5.41, 5.74) is 3.30. The number of hydrogen-bond donors (Lipinski definition) is 0. The molecule has 1 saturated heterocycles. The molecule has 0 unspecified atom stereocenters. The number of aryl methyl sites for hydroxylation is 2. The number of ether oxygens (including phenoxy) is 2. The number of furan rings is 1. The van der Waals surface area contributed by atoms with Gasteiger partial charge in [0.1, 0.15) is 5.75 Å². The van der Waals surface area contributed by atoms with Crippen LogP contribution in [0.2, 0.25) is 0 Å². The first-order valence-corrected chi connectivity index (χ1v) is 11.9. The standard InChI is InChI=1S/C28H27NO7/c1-3-18-7-5-8-19(4-2)26(18)29-16-21(15-25(29)31)27(32)35-17-23(30)20-10-12-22(13-11-20)36-28(33)24-9-6-14-34-24/h5-14,21H,3-4,15-17H2,1-2H3/t21-/m0/s1. The molecule has 0 radical (unpaired) electrons. The van der Waals surface area contributed by atoms with Crippen molar-refractivity contribution < 1.29 is 33.1 Å². The van der Waals surface area contributed by atoms with Crippen LogP contribution in [0.4, 0.5) is 5.69 Å². The predicted molar refractivity (Wildman–Crippen MR) is 131 cm³/mol. The summed E-state index contributed by atoms with van der Waals surface area (Å²) in [6, 6.07) is 14.9. The van der Waals surface area contributed by atoms with Crippen LogP contribution in [-0.4, -0.2) is 36.8 Å². The third-order valence-electron chi connectivity index (χ3n) is 6.15. The van der Waals surface area contributed by atoms with Gasteiger partial charge >= 0.3 is 11.9 Å². The van der Waals surface area contributed by atoms with Crippen LogP contribution in [-0.2, 0) is 27.2 Å². The van der Waals surface area contributed by atoms with Crippen molar-refractivity contribution in [2.24, 2.45) is 5.92 Å². The van der Waals surface area contributed by atoms with Gasteiger partial charge < -0.3 is 18.8 Å². The summed E-state index contributed by atoms with van der Waals surface area (Å²) in [5, 5.41) is 0. The number of benzene rings is 2. The summed E-state index contributed by atoms with van der Waals surface area (Å²) >= 11 is 0. The zero-order chi connectivity index (χ0) is 25.7. The van der Waals surface area contributed by atoms with E-state index in [2.05, 4.69) is 0 Å². The van der Waals surface area contributed by atoms with E-state index in [4.69, 9.17) is 13.9 Å². The molecule has 2 aromatic carbocycles. The highest BCUT2D eigenvalue weighted by atomic mass is 16.5. The number of para-hydroxylation sites is 1. The molecule has 8 heteroatoms. The van der Waals surface area contributed by atoms with E-state index < -0.39 is 30.2 Å². The molecule has 186 valence electrons. The number of amides is 1. The van der Waals surface area contributed by atoms with Gasteiger partial charge in [-0.25, -0.2) is 4.79 Å². The quantitative estimate of drug-likeness (QED) is 0.249. The highest BCUT2D eigenvalue weighted by Gasteiger charge is 2.37. The number of carbonyl (C=O) groups is 4. The summed E-state index contributed by atoms with van der Waals surface area (Å²) in [6.07, 6.45) is 2.96. The van der Waals surface area contributed by atoms with Crippen LogP contribution in [0.25, 0.3) is 0 Å². The Morgan fingerprint density at radius 3 is 2.28 bits per heavy atom. The molecule has 1 aliphatic heterocycles. The zero-order valence-corrected chi connectivity index (χ0v) is 20.2. The lowest BCUT2D eigenvalue weighted by molar-refractivity contribution is -0.147. The van der Waals surface area contributed by atoms with E-state index in [1.165, 1.54) is 36.6 Å². The number of ketones is 1. The van der Waals surface area contributed by atoms with E-state index in [9.17, 15) is 19.2 Å². The number of nitrogens with zero attached hydrogens (tertiary/aromatic N) is 1. The summed E-state index contributed by atoms with van der Waals surface area (Å²) in [6.45, 7) is 3.85. The molecule has 0 saturated carbocycles. The van der Waals surface area contributed by atoms with E-state index in [1.54, 1.807) is 11.0 Å². The Kier molecular flexibility index (Phi) is 7.63. The van der Waals surface area contributed by atoms with E-state index in [1.807, 2.05) is 32.0 Å². The first kappa shape index (κ1) is 24.9. The Hall–Kier alpha value is -4.20. The lowest BCUT2D eigenvalue weighted by atomic mass is 10.0. The van der Waals surface area contributed by atoms with E-state index in [0.29, 0.717) is 5.56 Å². The molecule has 1 fully saturated rings. The van der Waals surface area contributed by atoms with Crippen LogP contribution < -0.4 is 9.64 Å². The predicted octanol–water partition coefficient (Wildman–Crippen LogP) is 4.40. The maximum atomic E-state index is 12.8. The Morgan fingerprint density at radius 1 is 0.972 bits per heavy atom. The topological polar surface area (TPSA) is 103 Å². The van der Waals surface area contributed by atoms with Gasteiger partial charge in [0.15, 0.2) is 12.4 Å². The van der Waals surface area contributed by atoms with Crippen molar-refractivity contribution >= 4 is 29.3 Å². The smallest absolute Gasteiger partial charge is 0.379 e. The third kappa shape index (κ3) is 5.38. The number of carbonyl (C=O) groups excluding carboxylic acids is 4. The second kappa shape index (κ2) is 11.0. The molecular weight excluding hydrogens is 462 g/mol. The Labute approximate surface area is 208 Å². The van der Waals surface area contributed by atoms with Gasteiger partial charge in [0.25, 0.3) is 0 Å². The van der Waals surface area contributed by atoms with Crippen LogP contribution in [0.3, 0.4) is 0 Å².